The van der Waals surface area contributed by atoms with Crippen LogP contribution in [0.25, 0.3) is 0 Å². The van der Waals surface area contributed by atoms with E-state index in [4.69, 9.17) is 0 Å². The molecule has 4 rings (SSSR count). The molecule has 0 aromatic heterocycles. The van der Waals surface area contributed by atoms with Crippen LogP contribution in [0.3, 0.4) is 0 Å². The number of nitrogens with one attached hydrogen (secondary N) is 1. The molecule has 0 spiro atoms. The number of anilines is 1. The van der Waals surface area contributed by atoms with Crippen molar-refractivity contribution in [2.45, 2.75) is 24.8 Å². The number of sulfonamides is 1. The van der Waals surface area contributed by atoms with Gasteiger partial charge < -0.3 is 5.32 Å². The maximum Gasteiger partial charge on any atom is 0.255 e. The molecule has 0 saturated heterocycles. The summed E-state index contributed by atoms with van der Waals surface area (Å²) in [5.41, 5.74) is 3.19. The summed E-state index contributed by atoms with van der Waals surface area (Å²) in [6.45, 7) is 2.44. The Kier molecular flexibility index (Phi) is 5.60. The van der Waals surface area contributed by atoms with Crippen LogP contribution in [-0.2, 0) is 23.0 Å². The predicted molar refractivity (Wildman–Crippen MR) is 113 cm³/mol. The van der Waals surface area contributed by atoms with Gasteiger partial charge in [0.2, 0.25) is 10.0 Å². The molecular formula is C23H20F2N2O3S. The van der Waals surface area contributed by atoms with Crippen molar-refractivity contribution in [3.8, 4) is 0 Å². The molecular weight excluding hydrogens is 422 g/mol. The normalized spacial score (nSPS) is 14.2. The van der Waals surface area contributed by atoms with Crippen molar-refractivity contribution in [1.82, 2.24) is 4.31 Å². The summed E-state index contributed by atoms with van der Waals surface area (Å²) >= 11 is 0. The second kappa shape index (κ2) is 8.20. The third kappa shape index (κ3) is 4.35. The van der Waals surface area contributed by atoms with Gasteiger partial charge in [0.25, 0.3) is 5.91 Å². The first-order chi connectivity index (χ1) is 14.7. The zero-order valence-corrected chi connectivity index (χ0v) is 17.5. The number of aryl methyl sites for hydroxylation is 1. The first kappa shape index (κ1) is 21.1. The number of benzene rings is 3. The second-order valence-corrected chi connectivity index (χ2v) is 9.41. The Morgan fingerprint density at radius 2 is 1.68 bits per heavy atom. The summed E-state index contributed by atoms with van der Waals surface area (Å²) in [7, 11) is -3.64. The summed E-state index contributed by atoms with van der Waals surface area (Å²) in [6, 6.07) is 14.9. The molecule has 31 heavy (non-hydrogen) atoms. The quantitative estimate of drug-likeness (QED) is 0.656. The van der Waals surface area contributed by atoms with Crippen molar-refractivity contribution < 1.29 is 22.0 Å². The van der Waals surface area contributed by atoms with Gasteiger partial charge in [-0.1, -0.05) is 23.8 Å². The molecule has 1 aliphatic heterocycles. The number of hydrogen-bond donors (Lipinski definition) is 1. The van der Waals surface area contributed by atoms with Gasteiger partial charge in [-0.15, -0.1) is 0 Å². The van der Waals surface area contributed by atoms with Crippen molar-refractivity contribution in [1.29, 1.82) is 0 Å². The Balaban J connectivity index is 1.54. The minimum absolute atomic E-state index is 0.0137. The number of halogens is 2. The third-order valence-electron chi connectivity index (χ3n) is 5.28. The van der Waals surface area contributed by atoms with Gasteiger partial charge in [-0.05, 0) is 66.9 Å². The molecule has 0 bridgehead atoms. The lowest BCUT2D eigenvalue weighted by Gasteiger charge is -2.28. The van der Waals surface area contributed by atoms with E-state index in [0.29, 0.717) is 18.7 Å². The van der Waals surface area contributed by atoms with Crippen LogP contribution in [0, 0.1) is 18.6 Å². The molecule has 3 aromatic carbocycles. The van der Waals surface area contributed by atoms with Crippen molar-refractivity contribution in [3.05, 3.63) is 94.6 Å². The van der Waals surface area contributed by atoms with Gasteiger partial charge in [0.1, 0.15) is 0 Å². The van der Waals surface area contributed by atoms with E-state index >= 15 is 0 Å². The predicted octanol–water partition coefficient (Wildman–Crippen LogP) is 4.27. The summed E-state index contributed by atoms with van der Waals surface area (Å²) in [5.74, 6) is -2.71. The number of carbonyl (C=O) groups is 1. The molecule has 8 heteroatoms. The largest absolute Gasteiger partial charge is 0.322 e. The molecule has 0 atom stereocenters. The average Bonchev–Trinajstić information content (AvgIpc) is 2.75. The Morgan fingerprint density at radius 3 is 2.39 bits per heavy atom. The van der Waals surface area contributed by atoms with Crippen molar-refractivity contribution in [2.75, 3.05) is 11.9 Å². The van der Waals surface area contributed by atoms with Crippen molar-refractivity contribution >= 4 is 21.6 Å². The lowest BCUT2D eigenvalue weighted by Crippen LogP contribution is -2.36. The van der Waals surface area contributed by atoms with Gasteiger partial charge in [0.15, 0.2) is 11.6 Å². The first-order valence-electron chi connectivity index (χ1n) is 9.69. The summed E-state index contributed by atoms with van der Waals surface area (Å²) in [5, 5.41) is 2.65. The highest BCUT2D eigenvalue weighted by Gasteiger charge is 2.28. The fourth-order valence-electron chi connectivity index (χ4n) is 3.51. The molecule has 160 valence electrons. The van der Waals surface area contributed by atoms with E-state index in [-0.39, 0.29) is 17.0 Å². The molecule has 1 aliphatic rings. The molecule has 1 heterocycles. The number of amides is 1. The maximum absolute atomic E-state index is 13.4. The number of carbonyl (C=O) groups excluding carboxylic acids is 1. The molecule has 0 unspecified atom stereocenters. The molecule has 1 amide bonds. The Bertz CT molecular complexity index is 1260. The molecule has 0 radical (unpaired) electrons. The zero-order valence-electron chi connectivity index (χ0n) is 16.7. The third-order valence-corrected chi connectivity index (χ3v) is 7.14. The summed E-state index contributed by atoms with van der Waals surface area (Å²) in [4.78, 5) is 12.6. The minimum atomic E-state index is -3.64. The van der Waals surface area contributed by atoms with E-state index < -0.39 is 27.6 Å². The SMILES string of the molecule is Cc1ccc(S(=O)(=O)N2CCc3ccc(NC(=O)c4ccc(F)c(F)c4)cc3C2)cc1. The van der Waals surface area contributed by atoms with Crippen LogP contribution >= 0.6 is 0 Å². The highest BCUT2D eigenvalue weighted by atomic mass is 32.2. The fourth-order valence-corrected chi connectivity index (χ4v) is 4.93. The number of fused-ring (bicyclic) bond motifs is 1. The van der Waals surface area contributed by atoms with Crippen LogP contribution in [0.5, 0.6) is 0 Å². The van der Waals surface area contributed by atoms with E-state index in [0.717, 1.165) is 28.8 Å². The van der Waals surface area contributed by atoms with Crippen molar-refractivity contribution in [2.24, 2.45) is 0 Å². The first-order valence-corrected chi connectivity index (χ1v) is 11.1. The van der Waals surface area contributed by atoms with Crippen LogP contribution in [-0.4, -0.2) is 25.2 Å². The van der Waals surface area contributed by atoms with Crippen LogP contribution in [0.4, 0.5) is 14.5 Å². The fraction of sp³-hybridized carbons (Fsp3) is 0.174. The highest BCUT2D eigenvalue weighted by molar-refractivity contribution is 7.89. The molecule has 5 nitrogen and oxygen atoms in total. The lowest BCUT2D eigenvalue weighted by atomic mass is 10.0. The molecule has 3 aromatic rings. The van der Waals surface area contributed by atoms with Gasteiger partial charge in [0, 0.05) is 24.3 Å². The Morgan fingerprint density at radius 1 is 0.935 bits per heavy atom. The van der Waals surface area contributed by atoms with E-state index in [2.05, 4.69) is 5.32 Å². The van der Waals surface area contributed by atoms with Crippen LogP contribution < -0.4 is 5.32 Å². The average molecular weight is 442 g/mol. The highest BCUT2D eigenvalue weighted by Crippen LogP contribution is 2.27. The van der Waals surface area contributed by atoms with Gasteiger partial charge >= 0.3 is 0 Å². The smallest absolute Gasteiger partial charge is 0.255 e. The second-order valence-electron chi connectivity index (χ2n) is 7.47. The standard InChI is InChI=1S/C23H20F2N2O3S/c1-15-2-7-20(8-3-15)31(29,30)27-11-10-16-4-6-19(12-18(16)14-27)26-23(28)17-5-9-21(24)22(25)13-17/h2-9,12-13H,10-11,14H2,1H3,(H,26,28). The van der Waals surface area contributed by atoms with Gasteiger partial charge in [-0.2, -0.15) is 4.31 Å². The van der Waals surface area contributed by atoms with E-state index in [1.54, 1.807) is 36.4 Å². The van der Waals surface area contributed by atoms with Crippen molar-refractivity contribution in [3.63, 3.8) is 0 Å². The Hall–Kier alpha value is -3.10. The van der Waals surface area contributed by atoms with Gasteiger partial charge in [-0.3, -0.25) is 4.79 Å². The number of nitrogens with zero attached hydrogens (tertiary/aromatic N) is 1. The number of rotatable bonds is 4. The maximum atomic E-state index is 13.4. The topological polar surface area (TPSA) is 66.5 Å². The van der Waals surface area contributed by atoms with Crippen LogP contribution in [0.1, 0.15) is 27.0 Å². The molecule has 0 saturated carbocycles. The molecule has 0 aliphatic carbocycles. The van der Waals surface area contributed by atoms with E-state index in [1.165, 1.54) is 10.4 Å². The molecule has 0 fully saturated rings. The van der Waals surface area contributed by atoms with Gasteiger partial charge in [0.05, 0.1) is 4.90 Å². The minimum Gasteiger partial charge on any atom is -0.322 e. The number of hydrogen-bond acceptors (Lipinski definition) is 3. The summed E-state index contributed by atoms with van der Waals surface area (Å²) in [6.07, 6.45) is 0.553. The van der Waals surface area contributed by atoms with E-state index in [9.17, 15) is 22.0 Å². The van der Waals surface area contributed by atoms with Crippen LogP contribution in [0.15, 0.2) is 65.6 Å². The van der Waals surface area contributed by atoms with E-state index in [1.807, 2.05) is 13.0 Å². The summed E-state index contributed by atoms with van der Waals surface area (Å²) < 4.78 is 53.9. The van der Waals surface area contributed by atoms with Gasteiger partial charge in [-0.25, -0.2) is 17.2 Å². The monoisotopic (exact) mass is 442 g/mol. The molecule has 1 N–H and O–H groups in total. The Labute approximate surface area is 179 Å². The van der Waals surface area contributed by atoms with Crippen LogP contribution in [0.2, 0.25) is 0 Å². The lowest BCUT2D eigenvalue weighted by molar-refractivity contribution is 0.102. The zero-order chi connectivity index (χ0) is 22.2.